The molecule has 3 aromatic rings. The van der Waals surface area contributed by atoms with Crippen molar-refractivity contribution < 1.29 is 9.84 Å². The Morgan fingerprint density at radius 2 is 1.90 bits per heavy atom. The van der Waals surface area contributed by atoms with Gasteiger partial charge >= 0.3 is 0 Å². The predicted molar refractivity (Wildman–Crippen MR) is 120 cm³/mol. The van der Waals surface area contributed by atoms with Crippen LogP contribution < -0.4 is 5.32 Å². The van der Waals surface area contributed by atoms with Crippen molar-refractivity contribution in [1.29, 1.82) is 0 Å². The van der Waals surface area contributed by atoms with Crippen LogP contribution in [0.3, 0.4) is 0 Å². The van der Waals surface area contributed by atoms with E-state index in [1.54, 1.807) is 17.5 Å². The van der Waals surface area contributed by atoms with Crippen LogP contribution in [-0.4, -0.2) is 68.4 Å². The number of aliphatic hydroxyl groups excluding tert-OH is 1. The van der Waals surface area contributed by atoms with E-state index >= 15 is 0 Å². The summed E-state index contributed by atoms with van der Waals surface area (Å²) in [6.45, 7) is 4.18. The Hall–Kier alpha value is -2.20. The van der Waals surface area contributed by atoms with Crippen molar-refractivity contribution in [2.45, 2.75) is 50.8 Å². The molecule has 1 saturated heterocycles. The van der Waals surface area contributed by atoms with E-state index in [0.29, 0.717) is 18.4 Å². The van der Waals surface area contributed by atoms with Crippen LogP contribution in [0.1, 0.15) is 42.1 Å². The molecule has 31 heavy (non-hydrogen) atoms. The number of pyridine rings is 1. The first-order valence-electron chi connectivity index (χ1n) is 11.0. The SMILES string of the molecule is OC1CCC(Nc2nc(Cc3nc4cccnc4s3)cc(CN3CCOCC3)n2)CC1. The molecule has 1 saturated carbocycles. The van der Waals surface area contributed by atoms with Crippen molar-refractivity contribution >= 4 is 27.6 Å². The molecule has 2 aliphatic rings. The van der Waals surface area contributed by atoms with E-state index in [1.807, 2.05) is 12.1 Å². The van der Waals surface area contributed by atoms with Crippen LogP contribution in [0.15, 0.2) is 24.4 Å². The Balaban J connectivity index is 1.37. The molecule has 0 amide bonds. The lowest BCUT2D eigenvalue weighted by Crippen LogP contribution is -2.36. The molecular formula is C22H28N6O2S. The summed E-state index contributed by atoms with van der Waals surface area (Å²) in [5.74, 6) is 0.682. The summed E-state index contributed by atoms with van der Waals surface area (Å²) in [5.41, 5.74) is 2.92. The fourth-order valence-electron chi connectivity index (χ4n) is 4.23. The zero-order chi connectivity index (χ0) is 21.0. The quantitative estimate of drug-likeness (QED) is 0.604. The molecule has 3 aromatic heterocycles. The molecule has 0 spiro atoms. The van der Waals surface area contributed by atoms with Gasteiger partial charge in [0, 0.05) is 38.3 Å². The second kappa shape index (κ2) is 9.52. The highest BCUT2D eigenvalue weighted by Crippen LogP contribution is 2.24. The third-order valence-corrected chi connectivity index (χ3v) is 6.87. The van der Waals surface area contributed by atoms with Gasteiger partial charge in [-0.05, 0) is 43.9 Å². The molecule has 0 radical (unpaired) electrons. The number of morpholine rings is 1. The van der Waals surface area contributed by atoms with Gasteiger partial charge in [-0.2, -0.15) is 0 Å². The van der Waals surface area contributed by atoms with Crippen molar-refractivity contribution in [1.82, 2.24) is 24.8 Å². The number of hydrogen-bond donors (Lipinski definition) is 2. The minimum atomic E-state index is -0.171. The fourth-order valence-corrected chi connectivity index (χ4v) is 5.15. The average molecular weight is 441 g/mol. The van der Waals surface area contributed by atoms with Crippen LogP contribution in [0.4, 0.5) is 5.95 Å². The number of aliphatic hydroxyl groups is 1. The van der Waals surface area contributed by atoms with Crippen molar-refractivity contribution in [2.24, 2.45) is 0 Å². The highest BCUT2D eigenvalue weighted by Gasteiger charge is 2.21. The third kappa shape index (κ3) is 5.35. The van der Waals surface area contributed by atoms with Crippen molar-refractivity contribution in [2.75, 3.05) is 31.6 Å². The molecule has 0 aromatic carbocycles. The highest BCUT2D eigenvalue weighted by atomic mass is 32.1. The molecule has 0 bridgehead atoms. The normalized spacial score (nSPS) is 22.6. The van der Waals surface area contributed by atoms with Crippen molar-refractivity contribution in [3.05, 3.63) is 40.8 Å². The van der Waals surface area contributed by atoms with Gasteiger partial charge in [-0.15, -0.1) is 0 Å². The van der Waals surface area contributed by atoms with E-state index in [0.717, 1.165) is 85.3 Å². The lowest BCUT2D eigenvalue weighted by Gasteiger charge is -2.27. The van der Waals surface area contributed by atoms with Gasteiger partial charge in [0.2, 0.25) is 5.95 Å². The van der Waals surface area contributed by atoms with E-state index in [9.17, 15) is 5.11 Å². The van der Waals surface area contributed by atoms with Crippen molar-refractivity contribution in [3.8, 4) is 0 Å². The smallest absolute Gasteiger partial charge is 0.223 e. The first-order valence-corrected chi connectivity index (χ1v) is 11.8. The number of fused-ring (bicyclic) bond motifs is 1. The number of nitrogens with one attached hydrogen (secondary N) is 1. The minimum absolute atomic E-state index is 0.171. The van der Waals surface area contributed by atoms with E-state index < -0.39 is 0 Å². The van der Waals surface area contributed by atoms with Crippen LogP contribution in [0, 0.1) is 0 Å². The van der Waals surface area contributed by atoms with Gasteiger partial charge in [0.05, 0.1) is 30.7 Å². The molecule has 1 aliphatic carbocycles. The summed E-state index contributed by atoms with van der Waals surface area (Å²) in [6.07, 6.45) is 5.84. The maximum Gasteiger partial charge on any atom is 0.223 e. The van der Waals surface area contributed by atoms with Crippen LogP contribution in [0.2, 0.25) is 0 Å². The maximum absolute atomic E-state index is 9.80. The number of hydrogen-bond acceptors (Lipinski definition) is 9. The van der Waals surface area contributed by atoms with Crippen LogP contribution in [0.5, 0.6) is 0 Å². The lowest BCUT2D eigenvalue weighted by atomic mass is 9.93. The average Bonchev–Trinajstić information content (AvgIpc) is 3.18. The molecule has 4 heterocycles. The summed E-state index contributed by atoms with van der Waals surface area (Å²) in [5, 5.41) is 14.3. The fraction of sp³-hybridized carbons (Fsp3) is 0.545. The molecule has 2 fully saturated rings. The van der Waals surface area contributed by atoms with Gasteiger partial charge < -0.3 is 15.2 Å². The Morgan fingerprint density at radius 1 is 1.10 bits per heavy atom. The summed E-state index contributed by atoms with van der Waals surface area (Å²) in [4.78, 5) is 22.1. The van der Waals surface area contributed by atoms with Crippen LogP contribution >= 0.6 is 11.3 Å². The third-order valence-electron chi connectivity index (χ3n) is 5.89. The Kier molecular flexibility index (Phi) is 6.35. The second-order valence-corrected chi connectivity index (χ2v) is 9.39. The van der Waals surface area contributed by atoms with Gasteiger partial charge in [-0.25, -0.2) is 19.9 Å². The summed E-state index contributed by atoms with van der Waals surface area (Å²) in [6, 6.07) is 6.32. The van der Waals surface area contributed by atoms with E-state index in [4.69, 9.17) is 19.7 Å². The molecule has 9 heteroatoms. The minimum Gasteiger partial charge on any atom is -0.393 e. The zero-order valence-corrected chi connectivity index (χ0v) is 18.4. The van der Waals surface area contributed by atoms with Crippen molar-refractivity contribution in [3.63, 3.8) is 0 Å². The number of nitrogens with zero attached hydrogens (tertiary/aromatic N) is 5. The molecule has 1 aliphatic heterocycles. The topological polar surface area (TPSA) is 96.3 Å². The van der Waals surface area contributed by atoms with Crippen LogP contribution in [-0.2, 0) is 17.7 Å². The summed E-state index contributed by atoms with van der Waals surface area (Å²) < 4.78 is 5.48. The largest absolute Gasteiger partial charge is 0.393 e. The standard InChI is InChI=1S/C22H28N6O2S/c29-18-5-3-15(4-6-18)24-22-25-16(12-17(26-22)14-28-8-10-30-11-9-28)13-20-27-19-2-1-7-23-21(19)31-20/h1-2,7,12,15,18,29H,3-6,8-11,13-14H2,(H,24,25,26). The second-order valence-electron chi connectivity index (χ2n) is 8.32. The molecule has 164 valence electrons. The van der Waals surface area contributed by atoms with Gasteiger partial charge in [-0.1, -0.05) is 11.3 Å². The summed E-state index contributed by atoms with van der Waals surface area (Å²) >= 11 is 1.62. The molecule has 8 nitrogen and oxygen atoms in total. The maximum atomic E-state index is 9.80. The van der Waals surface area contributed by atoms with E-state index in [2.05, 4.69) is 21.3 Å². The number of anilines is 1. The molecular weight excluding hydrogens is 412 g/mol. The molecule has 2 N–H and O–H groups in total. The molecule has 0 atom stereocenters. The highest BCUT2D eigenvalue weighted by molar-refractivity contribution is 7.18. The number of rotatable bonds is 6. The zero-order valence-electron chi connectivity index (χ0n) is 17.5. The predicted octanol–water partition coefficient (Wildman–Crippen LogP) is 2.62. The lowest BCUT2D eigenvalue weighted by molar-refractivity contribution is 0.0336. The van der Waals surface area contributed by atoms with E-state index in [1.165, 1.54) is 0 Å². The molecule has 0 unspecified atom stereocenters. The molecule has 5 rings (SSSR count). The Bertz CT molecular complexity index is 981. The Labute approximate surface area is 185 Å². The van der Waals surface area contributed by atoms with Gasteiger partial charge in [0.1, 0.15) is 15.4 Å². The summed E-state index contributed by atoms with van der Waals surface area (Å²) in [7, 11) is 0. The Morgan fingerprint density at radius 3 is 2.71 bits per heavy atom. The monoisotopic (exact) mass is 440 g/mol. The number of aromatic nitrogens is 4. The van der Waals surface area contributed by atoms with Gasteiger partial charge in [0.15, 0.2) is 0 Å². The van der Waals surface area contributed by atoms with E-state index in [-0.39, 0.29) is 6.10 Å². The number of ether oxygens (including phenoxy) is 1. The number of thiazole rings is 1. The van der Waals surface area contributed by atoms with Gasteiger partial charge in [0.25, 0.3) is 0 Å². The van der Waals surface area contributed by atoms with Gasteiger partial charge in [-0.3, -0.25) is 4.90 Å². The first-order chi connectivity index (χ1) is 15.2. The first kappa shape index (κ1) is 20.7. The van der Waals surface area contributed by atoms with Crippen LogP contribution in [0.25, 0.3) is 10.3 Å².